The monoisotopic (exact) mass is 290 g/mol. The van der Waals surface area contributed by atoms with Gasteiger partial charge in [-0.2, -0.15) is 0 Å². The summed E-state index contributed by atoms with van der Waals surface area (Å²) in [7, 11) is 0. The minimum Gasteiger partial charge on any atom is -0.360 e. The fraction of sp³-hybridized carbons (Fsp3) is 0.333. The Hall–Kier alpha value is -1.75. The topological polar surface area (TPSA) is 55.1 Å². The van der Waals surface area contributed by atoms with E-state index in [0.717, 1.165) is 4.90 Å². The average Bonchev–Trinajstić information content (AvgIpc) is 2.78. The predicted octanol–water partition coefficient (Wildman–Crippen LogP) is 3.72. The van der Waals surface area contributed by atoms with E-state index in [1.807, 2.05) is 6.92 Å². The van der Waals surface area contributed by atoms with Crippen LogP contribution in [0.2, 0.25) is 0 Å². The highest BCUT2D eigenvalue weighted by molar-refractivity contribution is 8.00. The van der Waals surface area contributed by atoms with Crippen molar-refractivity contribution >= 4 is 23.5 Å². The number of hydrogen-bond acceptors (Lipinski definition) is 4. The molecule has 0 aliphatic heterocycles. The molecule has 0 radical (unpaired) electrons. The number of carbonyl (C=O) groups excluding carboxylic acids is 1. The van der Waals surface area contributed by atoms with E-state index in [-0.39, 0.29) is 11.2 Å². The summed E-state index contributed by atoms with van der Waals surface area (Å²) in [6, 6.07) is 7.93. The molecule has 0 fully saturated rings. The number of amides is 1. The van der Waals surface area contributed by atoms with E-state index in [1.165, 1.54) is 11.1 Å². The lowest BCUT2D eigenvalue weighted by Gasteiger charge is -2.12. The maximum Gasteiger partial charge on any atom is 0.238 e. The van der Waals surface area contributed by atoms with Crippen LogP contribution in [0.5, 0.6) is 0 Å². The van der Waals surface area contributed by atoms with Crippen LogP contribution >= 0.6 is 11.8 Å². The lowest BCUT2D eigenvalue weighted by Crippen LogP contribution is -2.22. The molecule has 20 heavy (non-hydrogen) atoms. The number of rotatable bonds is 4. The van der Waals surface area contributed by atoms with E-state index in [2.05, 4.69) is 42.5 Å². The third-order valence-corrected chi connectivity index (χ3v) is 4.16. The SMILES string of the molecule is Cc1ccc(S[C@H](C)C(=O)Nc2cc(C)on2)c(C)c1. The molecular weight excluding hydrogens is 272 g/mol. The molecule has 0 bridgehead atoms. The highest BCUT2D eigenvalue weighted by Gasteiger charge is 2.16. The maximum absolute atomic E-state index is 12.1. The van der Waals surface area contributed by atoms with E-state index in [0.29, 0.717) is 11.6 Å². The van der Waals surface area contributed by atoms with Crippen LogP contribution in [0.1, 0.15) is 23.8 Å². The third kappa shape index (κ3) is 3.63. The molecule has 0 saturated carbocycles. The van der Waals surface area contributed by atoms with Crippen molar-refractivity contribution in [3.63, 3.8) is 0 Å². The molecule has 0 unspecified atom stereocenters. The summed E-state index contributed by atoms with van der Waals surface area (Å²) in [5, 5.41) is 6.31. The van der Waals surface area contributed by atoms with Gasteiger partial charge >= 0.3 is 0 Å². The minimum absolute atomic E-state index is 0.0803. The van der Waals surface area contributed by atoms with Gasteiger partial charge < -0.3 is 9.84 Å². The van der Waals surface area contributed by atoms with Crippen molar-refractivity contribution in [3.8, 4) is 0 Å². The lowest BCUT2D eigenvalue weighted by molar-refractivity contribution is -0.115. The Morgan fingerprint density at radius 2 is 2.05 bits per heavy atom. The van der Waals surface area contributed by atoms with Crippen molar-refractivity contribution < 1.29 is 9.32 Å². The quantitative estimate of drug-likeness (QED) is 0.872. The molecule has 0 spiro atoms. The zero-order valence-corrected chi connectivity index (χ0v) is 12.9. The standard InChI is InChI=1S/C15H18N2O2S/c1-9-5-6-13(10(2)7-9)20-12(4)15(18)16-14-8-11(3)19-17-14/h5-8,12H,1-4H3,(H,16,17,18)/t12-/m1/s1. The number of hydrogen-bond donors (Lipinski definition) is 1. The highest BCUT2D eigenvalue weighted by atomic mass is 32.2. The molecule has 1 atom stereocenters. The van der Waals surface area contributed by atoms with Gasteiger partial charge in [-0.15, -0.1) is 11.8 Å². The number of aryl methyl sites for hydroxylation is 3. The Morgan fingerprint density at radius 3 is 2.65 bits per heavy atom. The van der Waals surface area contributed by atoms with Gasteiger partial charge in [-0.3, -0.25) is 4.79 Å². The second-order valence-corrected chi connectivity index (χ2v) is 6.22. The average molecular weight is 290 g/mol. The van der Waals surface area contributed by atoms with Crippen molar-refractivity contribution in [1.82, 2.24) is 5.16 Å². The summed E-state index contributed by atoms with van der Waals surface area (Å²) >= 11 is 1.54. The summed E-state index contributed by atoms with van der Waals surface area (Å²) in [5.74, 6) is 1.05. The largest absolute Gasteiger partial charge is 0.360 e. The Balaban J connectivity index is 2.00. The zero-order chi connectivity index (χ0) is 14.7. The van der Waals surface area contributed by atoms with Crippen molar-refractivity contribution in [1.29, 1.82) is 0 Å². The zero-order valence-electron chi connectivity index (χ0n) is 12.1. The van der Waals surface area contributed by atoms with E-state index in [9.17, 15) is 4.79 Å². The molecule has 106 valence electrons. The number of nitrogens with zero attached hydrogens (tertiary/aromatic N) is 1. The molecule has 0 saturated heterocycles. The normalized spacial score (nSPS) is 12.2. The van der Waals surface area contributed by atoms with Gasteiger partial charge in [-0.25, -0.2) is 0 Å². The Bertz CT molecular complexity index is 622. The van der Waals surface area contributed by atoms with Crippen LogP contribution in [0.15, 0.2) is 33.7 Å². The number of anilines is 1. The van der Waals surface area contributed by atoms with E-state index >= 15 is 0 Å². The fourth-order valence-corrected chi connectivity index (χ4v) is 2.77. The Morgan fingerprint density at radius 1 is 1.30 bits per heavy atom. The molecule has 2 aromatic rings. The van der Waals surface area contributed by atoms with Gasteiger partial charge in [-0.05, 0) is 39.3 Å². The first kappa shape index (κ1) is 14.7. The van der Waals surface area contributed by atoms with Crippen molar-refractivity contribution in [2.75, 3.05) is 5.32 Å². The van der Waals surface area contributed by atoms with Crippen LogP contribution in [0, 0.1) is 20.8 Å². The second-order valence-electron chi connectivity index (χ2n) is 4.84. The van der Waals surface area contributed by atoms with Crippen molar-refractivity contribution in [2.45, 2.75) is 37.8 Å². The van der Waals surface area contributed by atoms with Crippen molar-refractivity contribution in [3.05, 3.63) is 41.2 Å². The third-order valence-electron chi connectivity index (χ3n) is 2.88. The van der Waals surface area contributed by atoms with Gasteiger partial charge in [0, 0.05) is 11.0 Å². The van der Waals surface area contributed by atoms with E-state index in [4.69, 9.17) is 4.52 Å². The molecule has 0 aliphatic carbocycles. The first-order chi connectivity index (χ1) is 9.45. The summed E-state index contributed by atoms with van der Waals surface area (Å²) in [6.07, 6.45) is 0. The summed E-state index contributed by atoms with van der Waals surface area (Å²) in [5.41, 5.74) is 2.41. The number of nitrogens with one attached hydrogen (secondary N) is 1. The summed E-state index contributed by atoms with van der Waals surface area (Å²) < 4.78 is 4.92. The van der Waals surface area contributed by atoms with Crippen LogP contribution in [0.4, 0.5) is 5.82 Å². The van der Waals surface area contributed by atoms with Crippen LogP contribution in [-0.4, -0.2) is 16.3 Å². The van der Waals surface area contributed by atoms with Gasteiger partial charge in [0.05, 0.1) is 5.25 Å². The lowest BCUT2D eigenvalue weighted by atomic mass is 10.2. The molecule has 5 heteroatoms. The number of carbonyl (C=O) groups is 1. The van der Waals surface area contributed by atoms with Crippen molar-refractivity contribution in [2.24, 2.45) is 0 Å². The van der Waals surface area contributed by atoms with Gasteiger partial charge in [0.15, 0.2) is 5.82 Å². The number of thioether (sulfide) groups is 1. The molecule has 1 amide bonds. The van der Waals surface area contributed by atoms with E-state index in [1.54, 1.807) is 24.8 Å². The first-order valence-corrected chi connectivity index (χ1v) is 7.32. The highest BCUT2D eigenvalue weighted by Crippen LogP contribution is 2.27. The molecule has 1 aromatic carbocycles. The van der Waals surface area contributed by atoms with E-state index < -0.39 is 0 Å². The first-order valence-electron chi connectivity index (χ1n) is 6.44. The molecular formula is C15H18N2O2S. The summed E-state index contributed by atoms with van der Waals surface area (Å²) in [4.78, 5) is 13.2. The maximum atomic E-state index is 12.1. The predicted molar refractivity (Wildman–Crippen MR) is 81.1 cm³/mol. The minimum atomic E-state index is -0.201. The van der Waals surface area contributed by atoms with Crippen LogP contribution < -0.4 is 5.32 Å². The second kappa shape index (κ2) is 6.13. The Kier molecular flexibility index (Phi) is 4.49. The van der Waals surface area contributed by atoms with Crippen LogP contribution in [0.3, 0.4) is 0 Å². The smallest absolute Gasteiger partial charge is 0.238 e. The van der Waals surface area contributed by atoms with Gasteiger partial charge in [-0.1, -0.05) is 22.9 Å². The molecule has 1 aromatic heterocycles. The molecule has 0 aliphatic rings. The Labute approximate surface area is 122 Å². The molecule has 2 rings (SSSR count). The molecule has 1 heterocycles. The number of benzene rings is 1. The number of aromatic nitrogens is 1. The summed E-state index contributed by atoms with van der Waals surface area (Å²) in [6.45, 7) is 7.79. The van der Waals surface area contributed by atoms with Crippen LogP contribution in [0.25, 0.3) is 0 Å². The fourth-order valence-electron chi connectivity index (χ4n) is 1.83. The molecule has 4 nitrogen and oxygen atoms in total. The van der Waals surface area contributed by atoms with Gasteiger partial charge in [0.1, 0.15) is 5.76 Å². The van der Waals surface area contributed by atoms with Gasteiger partial charge in [0.2, 0.25) is 5.91 Å². The van der Waals surface area contributed by atoms with Gasteiger partial charge in [0.25, 0.3) is 0 Å². The van der Waals surface area contributed by atoms with Crippen LogP contribution in [-0.2, 0) is 4.79 Å². The molecule has 1 N–H and O–H groups in total.